The van der Waals surface area contributed by atoms with Crippen molar-refractivity contribution in [3.8, 4) is 0 Å². The molecule has 0 spiro atoms. The average Bonchev–Trinajstić information content (AvgIpc) is 3.27. The van der Waals surface area contributed by atoms with Crippen LogP contribution < -0.4 is 15.5 Å². The molecule has 2 aliphatic rings. The minimum atomic E-state index is 0.625. The fraction of sp³-hybridized carbons (Fsp3) is 0.577. The molecule has 6 nitrogen and oxygen atoms in total. The van der Waals surface area contributed by atoms with E-state index in [2.05, 4.69) is 69.1 Å². The van der Waals surface area contributed by atoms with Crippen LogP contribution in [0.25, 0.3) is 10.9 Å². The third-order valence-electron chi connectivity index (χ3n) is 6.86. The van der Waals surface area contributed by atoms with E-state index in [1.807, 2.05) is 6.08 Å². The molecule has 0 atom stereocenters. The highest BCUT2D eigenvalue weighted by atomic mass is 16.1. The van der Waals surface area contributed by atoms with Gasteiger partial charge >= 0.3 is 0 Å². The van der Waals surface area contributed by atoms with E-state index >= 15 is 0 Å². The SMILES string of the molecule is C=CCCN(C)c1ccc2c(ccn2C2CCN(CC3CCNCC3)CC2)c1.CNC=O. The summed E-state index contributed by atoms with van der Waals surface area (Å²) in [5.74, 6) is 0.904. The molecule has 0 unspecified atom stereocenters. The van der Waals surface area contributed by atoms with Gasteiger partial charge < -0.3 is 25.0 Å². The summed E-state index contributed by atoms with van der Waals surface area (Å²) in [5, 5.41) is 7.10. The van der Waals surface area contributed by atoms with Crippen LogP contribution in [-0.2, 0) is 4.79 Å². The van der Waals surface area contributed by atoms with E-state index in [1.165, 1.54) is 75.0 Å². The normalized spacial score (nSPS) is 18.1. The molecule has 0 radical (unpaired) electrons. The van der Waals surface area contributed by atoms with Crippen LogP contribution >= 0.6 is 0 Å². The summed E-state index contributed by atoms with van der Waals surface area (Å²) in [7, 11) is 3.73. The van der Waals surface area contributed by atoms with E-state index in [0.717, 1.165) is 18.9 Å². The van der Waals surface area contributed by atoms with Crippen molar-refractivity contribution in [1.82, 2.24) is 20.1 Å². The topological polar surface area (TPSA) is 52.5 Å². The summed E-state index contributed by atoms with van der Waals surface area (Å²) in [5.41, 5.74) is 2.68. The average molecular weight is 440 g/mol. The molecule has 176 valence electrons. The van der Waals surface area contributed by atoms with Gasteiger partial charge in [-0.25, -0.2) is 0 Å². The van der Waals surface area contributed by atoms with Gasteiger partial charge in [0.15, 0.2) is 0 Å². The summed E-state index contributed by atoms with van der Waals surface area (Å²) in [4.78, 5) is 14.1. The number of fused-ring (bicyclic) bond motifs is 1. The summed E-state index contributed by atoms with van der Waals surface area (Å²) in [6, 6.07) is 9.86. The molecule has 2 N–H and O–H groups in total. The smallest absolute Gasteiger partial charge is 0.206 e. The van der Waals surface area contributed by atoms with E-state index in [0.29, 0.717) is 12.5 Å². The first-order valence-electron chi connectivity index (χ1n) is 12.1. The van der Waals surface area contributed by atoms with Gasteiger partial charge in [0.2, 0.25) is 6.41 Å². The number of carbonyl (C=O) groups is 1. The monoisotopic (exact) mass is 439 g/mol. The predicted molar refractivity (Wildman–Crippen MR) is 135 cm³/mol. The Balaban J connectivity index is 0.000000668. The van der Waals surface area contributed by atoms with Gasteiger partial charge in [0.25, 0.3) is 0 Å². The number of nitrogens with zero attached hydrogens (tertiary/aromatic N) is 3. The molecule has 1 aromatic carbocycles. The molecule has 6 heteroatoms. The number of anilines is 1. The fourth-order valence-electron chi connectivity index (χ4n) is 4.93. The van der Waals surface area contributed by atoms with Crippen LogP contribution in [0.1, 0.15) is 38.1 Å². The molecule has 4 rings (SSSR count). The molecule has 2 fully saturated rings. The van der Waals surface area contributed by atoms with Crippen LogP contribution in [0.2, 0.25) is 0 Å². The number of rotatable bonds is 8. The maximum Gasteiger partial charge on any atom is 0.206 e. The lowest BCUT2D eigenvalue weighted by molar-refractivity contribution is -0.109. The van der Waals surface area contributed by atoms with Gasteiger partial charge in [-0.1, -0.05) is 6.08 Å². The quantitative estimate of drug-likeness (QED) is 0.487. The van der Waals surface area contributed by atoms with Crippen LogP contribution in [0, 0.1) is 5.92 Å². The van der Waals surface area contributed by atoms with E-state index in [-0.39, 0.29) is 0 Å². The summed E-state index contributed by atoms with van der Waals surface area (Å²) in [6.45, 7) is 11.1. The van der Waals surface area contributed by atoms with Gasteiger partial charge in [-0.3, -0.25) is 4.79 Å². The first-order chi connectivity index (χ1) is 15.7. The van der Waals surface area contributed by atoms with E-state index < -0.39 is 0 Å². The molecule has 2 saturated heterocycles. The first kappa shape index (κ1) is 24.3. The molecule has 0 saturated carbocycles. The Morgan fingerprint density at radius 2 is 1.91 bits per heavy atom. The van der Waals surface area contributed by atoms with Crippen molar-refractivity contribution in [2.75, 3.05) is 58.3 Å². The Kier molecular flexibility index (Phi) is 9.62. The predicted octanol–water partition coefficient (Wildman–Crippen LogP) is 3.65. The van der Waals surface area contributed by atoms with E-state index in [4.69, 9.17) is 4.79 Å². The van der Waals surface area contributed by atoms with Crippen molar-refractivity contribution in [2.24, 2.45) is 5.92 Å². The van der Waals surface area contributed by atoms with Gasteiger partial charge in [-0.15, -0.1) is 6.58 Å². The lowest BCUT2D eigenvalue weighted by Gasteiger charge is -2.36. The zero-order valence-corrected chi connectivity index (χ0v) is 19.9. The summed E-state index contributed by atoms with van der Waals surface area (Å²) >= 11 is 0. The van der Waals surface area contributed by atoms with Gasteiger partial charge in [0.1, 0.15) is 0 Å². The molecule has 2 aromatic rings. The van der Waals surface area contributed by atoms with Crippen LogP contribution in [0.5, 0.6) is 0 Å². The maximum atomic E-state index is 9.06. The highest BCUT2D eigenvalue weighted by Gasteiger charge is 2.24. The zero-order chi connectivity index (χ0) is 22.8. The minimum absolute atomic E-state index is 0.625. The third kappa shape index (κ3) is 6.59. The Morgan fingerprint density at radius 1 is 1.19 bits per heavy atom. The number of carbonyl (C=O) groups excluding carboxylic acids is 1. The van der Waals surface area contributed by atoms with Gasteiger partial charge in [-0.05, 0) is 75.4 Å². The maximum absolute atomic E-state index is 9.06. The molecule has 0 aliphatic carbocycles. The lowest BCUT2D eigenvalue weighted by atomic mass is 9.96. The van der Waals surface area contributed by atoms with Crippen molar-refractivity contribution in [3.63, 3.8) is 0 Å². The van der Waals surface area contributed by atoms with Crippen LogP contribution in [0.3, 0.4) is 0 Å². The highest BCUT2D eigenvalue weighted by molar-refractivity contribution is 5.84. The number of likely N-dealkylation sites (tertiary alicyclic amines) is 1. The van der Waals surface area contributed by atoms with Gasteiger partial charge in [-0.2, -0.15) is 0 Å². The van der Waals surface area contributed by atoms with Crippen LogP contribution in [0.15, 0.2) is 43.1 Å². The van der Waals surface area contributed by atoms with Crippen molar-refractivity contribution >= 4 is 23.0 Å². The summed E-state index contributed by atoms with van der Waals surface area (Å²) < 4.78 is 2.53. The number of aromatic nitrogens is 1. The van der Waals surface area contributed by atoms with Crippen LogP contribution in [-0.4, -0.2) is 69.2 Å². The Bertz CT molecular complexity index is 834. The number of nitrogens with one attached hydrogen (secondary N) is 2. The van der Waals surface area contributed by atoms with Gasteiger partial charge in [0.05, 0.1) is 0 Å². The second-order valence-electron chi connectivity index (χ2n) is 9.10. The molecular formula is C26H41N5O. The molecule has 0 bridgehead atoms. The Labute approximate surface area is 193 Å². The molecule has 3 heterocycles. The van der Waals surface area contributed by atoms with Crippen molar-refractivity contribution in [3.05, 3.63) is 43.1 Å². The number of amides is 1. The molecular weight excluding hydrogens is 398 g/mol. The second kappa shape index (κ2) is 12.7. The number of piperidine rings is 2. The molecule has 2 aliphatic heterocycles. The van der Waals surface area contributed by atoms with E-state index in [1.54, 1.807) is 7.05 Å². The third-order valence-corrected chi connectivity index (χ3v) is 6.86. The number of hydrogen-bond donors (Lipinski definition) is 2. The lowest BCUT2D eigenvalue weighted by Crippen LogP contribution is -2.40. The van der Waals surface area contributed by atoms with Crippen molar-refractivity contribution in [1.29, 1.82) is 0 Å². The number of hydrogen-bond acceptors (Lipinski definition) is 4. The minimum Gasteiger partial charge on any atom is -0.374 e. The van der Waals surface area contributed by atoms with E-state index in [9.17, 15) is 0 Å². The second-order valence-corrected chi connectivity index (χ2v) is 9.10. The fourth-order valence-corrected chi connectivity index (χ4v) is 4.93. The highest BCUT2D eigenvalue weighted by Crippen LogP contribution is 2.30. The molecule has 32 heavy (non-hydrogen) atoms. The van der Waals surface area contributed by atoms with Gasteiger partial charge in [0, 0.05) is 69.1 Å². The largest absolute Gasteiger partial charge is 0.374 e. The summed E-state index contributed by atoms with van der Waals surface area (Å²) in [6.07, 6.45) is 11.2. The molecule has 1 amide bonds. The van der Waals surface area contributed by atoms with Crippen molar-refractivity contribution < 1.29 is 4.79 Å². The van der Waals surface area contributed by atoms with Crippen molar-refractivity contribution in [2.45, 2.75) is 38.1 Å². The Hall–Kier alpha value is -2.31. The van der Waals surface area contributed by atoms with Crippen LogP contribution in [0.4, 0.5) is 5.69 Å². The molecule has 1 aromatic heterocycles. The zero-order valence-electron chi connectivity index (χ0n) is 19.9. The number of benzene rings is 1. The standard InChI is InChI=1S/C24H36N4.C2H5NO/c1-3-4-14-26(2)23-5-6-24-21(18-23)9-17-28(24)22-10-15-27(16-11-22)19-20-7-12-25-13-8-20;1-3-2-4/h3,5-6,9,17-18,20,22,25H,1,4,7-8,10-16,19H2,2H3;2H,1H3,(H,3,4). The Morgan fingerprint density at radius 3 is 2.56 bits per heavy atom. The first-order valence-corrected chi connectivity index (χ1v) is 12.1.